The molecule has 0 spiro atoms. The lowest BCUT2D eigenvalue weighted by molar-refractivity contribution is 0.961. The van der Waals surface area contributed by atoms with Crippen molar-refractivity contribution < 1.29 is 0 Å². The Hall–Kier alpha value is -1.27. The van der Waals surface area contributed by atoms with E-state index < -0.39 is 0 Å². The molecule has 1 heteroatoms. The van der Waals surface area contributed by atoms with Crippen LogP contribution < -0.4 is 0 Å². The number of benzene rings is 1. The van der Waals surface area contributed by atoms with Crippen LogP contribution in [0.25, 0.3) is 0 Å². The third kappa shape index (κ3) is 4.85. The van der Waals surface area contributed by atoms with Gasteiger partial charge in [0, 0.05) is 5.88 Å². The number of alkyl halides is 1. The number of allylic oxidation sites excluding steroid dienone is 5. The van der Waals surface area contributed by atoms with Crippen LogP contribution in [0.2, 0.25) is 0 Å². The molecule has 23 heavy (non-hydrogen) atoms. The molecule has 0 atom stereocenters. The summed E-state index contributed by atoms with van der Waals surface area (Å²) in [5, 5.41) is 0. The van der Waals surface area contributed by atoms with Gasteiger partial charge in [-0.15, -0.1) is 11.6 Å². The van der Waals surface area contributed by atoms with Crippen molar-refractivity contribution in [2.24, 2.45) is 0 Å². The van der Waals surface area contributed by atoms with Gasteiger partial charge in [-0.25, -0.2) is 0 Å². The zero-order chi connectivity index (χ0) is 17.7. The lowest BCUT2D eigenvalue weighted by Crippen LogP contribution is -2.00. The van der Waals surface area contributed by atoms with Gasteiger partial charge in [0.2, 0.25) is 0 Å². The van der Waals surface area contributed by atoms with Gasteiger partial charge in [-0.05, 0) is 100 Å². The van der Waals surface area contributed by atoms with Crippen LogP contribution in [0.4, 0.5) is 0 Å². The van der Waals surface area contributed by atoms with Crippen LogP contribution in [0.15, 0.2) is 41.0 Å². The van der Waals surface area contributed by atoms with Crippen LogP contribution >= 0.6 is 11.6 Å². The largest absolute Gasteiger partial charge is 0.122 e. The highest BCUT2D eigenvalue weighted by molar-refractivity contribution is 6.17. The molecular formula is C22H31Cl. The van der Waals surface area contributed by atoms with Crippen LogP contribution in [-0.2, 0) is 12.3 Å². The standard InChI is InChI=1S/C22H31Cl/c1-14(2)17(5)18(6)15(3)10-9-11-21-12-16(4)19(7)22(13-23)20(21)8/h10,12H,1,9,11,13H2,2-8H3/b15-10-,18-17-. The van der Waals surface area contributed by atoms with Crippen molar-refractivity contribution in [2.45, 2.75) is 67.2 Å². The molecule has 0 N–H and O–H groups in total. The molecule has 0 heterocycles. The predicted molar refractivity (Wildman–Crippen MR) is 105 cm³/mol. The van der Waals surface area contributed by atoms with Crippen LogP contribution in [0.1, 0.15) is 61.9 Å². The number of hydrogen-bond acceptors (Lipinski definition) is 0. The zero-order valence-corrected chi connectivity index (χ0v) is 16.6. The van der Waals surface area contributed by atoms with Crippen LogP contribution in [0.5, 0.6) is 0 Å². The number of halogens is 1. The van der Waals surface area contributed by atoms with Crippen molar-refractivity contribution in [3.8, 4) is 0 Å². The molecule has 0 aliphatic heterocycles. The van der Waals surface area contributed by atoms with Crippen molar-refractivity contribution in [2.75, 3.05) is 0 Å². The van der Waals surface area contributed by atoms with Gasteiger partial charge in [0.1, 0.15) is 0 Å². The molecule has 0 bridgehead atoms. The Morgan fingerprint density at radius 3 is 2.17 bits per heavy atom. The van der Waals surface area contributed by atoms with Crippen molar-refractivity contribution in [3.63, 3.8) is 0 Å². The summed E-state index contributed by atoms with van der Waals surface area (Å²) in [5.74, 6) is 0.598. The van der Waals surface area contributed by atoms with Crippen LogP contribution in [0.3, 0.4) is 0 Å². The summed E-state index contributed by atoms with van der Waals surface area (Å²) in [6, 6.07) is 2.33. The number of aryl methyl sites for hydroxylation is 2. The fraction of sp³-hybridized carbons (Fsp3) is 0.455. The molecule has 1 aromatic rings. The first kappa shape index (κ1) is 19.8. The van der Waals surface area contributed by atoms with Gasteiger partial charge >= 0.3 is 0 Å². The van der Waals surface area contributed by atoms with Crippen LogP contribution in [-0.4, -0.2) is 0 Å². The van der Waals surface area contributed by atoms with Gasteiger partial charge in [-0.2, -0.15) is 0 Å². The van der Waals surface area contributed by atoms with E-state index in [9.17, 15) is 0 Å². The minimum Gasteiger partial charge on any atom is -0.122 e. The molecule has 0 saturated carbocycles. The summed E-state index contributed by atoms with van der Waals surface area (Å²) >= 11 is 6.15. The molecule has 0 aliphatic carbocycles. The first-order valence-corrected chi connectivity index (χ1v) is 8.89. The Morgan fingerprint density at radius 1 is 1.04 bits per heavy atom. The average Bonchev–Trinajstić information content (AvgIpc) is 2.51. The Balaban J connectivity index is 2.96. The molecule has 0 fully saturated rings. The number of hydrogen-bond donors (Lipinski definition) is 0. The van der Waals surface area contributed by atoms with Gasteiger partial charge in [0.15, 0.2) is 0 Å². The normalized spacial score (nSPS) is 13.1. The zero-order valence-electron chi connectivity index (χ0n) is 15.9. The predicted octanol–water partition coefficient (Wildman–Crippen LogP) is 7.14. The first-order valence-electron chi connectivity index (χ1n) is 8.35. The summed E-state index contributed by atoms with van der Waals surface area (Å²) < 4.78 is 0. The van der Waals surface area contributed by atoms with Gasteiger partial charge in [0.25, 0.3) is 0 Å². The van der Waals surface area contributed by atoms with Crippen molar-refractivity contribution >= 4 is 11.6 Å². The average molecular weight is 331 g/mol. The Labute approximate surface area is 148 Å². The minimum atomic E-state index is 0.598. The quantitative estimate of drug-likeness (QED) is 0.384. The van der Waals surface area contributed by atoms with E-state index in [4.69, 9.17) is 11.6 Å². The molecule has 1 rings (SSSR count). The smallest absolute Gasteiger partial charge is 0.0479 e. The van der Waals surface area contributed by atoms with Gasteiger partial charge in [-0.3, -0.25) is 0 Å². The van der Waals surface area contributed by atoms with Gasteiger partial charge in [-0.1, -0.05) is 29.9 Å². The minimum absolute atomic E-state index is 0.598. The van der Waals surface area contributed by atoms with E-state index in [-0.39, 0.29) is 0 Å². The molecule has 0 aromatic heterocycles. The molecule has 1 aromatic carbocycles. The van der Waals surface area contributed by atoms with E-state index in [2.05, 4.69) is 67.2 Å². The fourth-order valence-electron chi connectivity index (χ4n) is 2.86. The van der Waals surface area contributed by atoms with Crippen molar-refractivity contribution in [1.82, 2.24) is 0 Å². The summed E-state index contributed by atoms with van der Waals surface area (Å²) in [5.41, 5.74) is 11.9. The van der Waals surface area contributed by atoms with E-state index in [0.717, 1.165) is 18.4 Å². The monoisotopic (exact) mass is 330 g/mol. The third-order valence-electron chi connectivity index (χ3n) is 5.16. The topological polar surface area (TPSA) is 0 Å². The maximum absolute atomic E-state index is 6.15. The highest BCUT2D eigenvalue weighted by Crippen LogP contribution is 2.25. The highest BCUT2D eigenvalue weighted by Gasteiger charge is 2.09. The van der Waals surface area contributed by atoms with E-state index >= 15 is 0 Å². The van der Waals surface area contributed by atoms with E-state index in [1.165, 1.54) is 44.5 Å². The highest BCUT2D eigenvalue weighted by atomic mass is 35.5. The van der Waals surface area contributed by atoms with Gasteiger partial charge in [0.05, 0.1) is 0 Å². The second-order valence-electron chi connectivity index (χ2n) is 6.67. The summed E-state index contributed by atoms with van der Waals surface area (Å²) in [6.45, 7) is 19.2. The second kappa shape index (κ2) is 8.55. The fourth-order valence-corrected chi connectivity index (χ4v) is 3.27. The Morgan fingerprint density at radius 2 is 1.65 bits per heavy atom. The van der Waals surface area contributed by atoms with Crippen molar-refractivity contribution in [1.29, 1.82) is 0 Å². The molecule has 0 nitrogen and oxygen atoms in total. The maximum atomic E-state index is 6.15. The SMILES string of the molecule is C=C(C)/C(C)=C(C)\C(C)=C/CCc1cc(C)c(C)c(CCl)c1C. The van der Waals surface area contributed by atoms with Crippen LogP contribution in [0, 0.1) is 20.8 Å². The molecule has 0 unspecified atom stereocenters. The summed E-state index contributed by atoms with van der Waals surface area (Å²) in [4.78, 5) is 0. The number of rotatable bonds is 6. The molecule has 0 saturated heterocycles. The second-order valence-corrected chi connectivity index (χ2v) is 6.94. The molecule has 0 amide bonds. The summed E-state index contributed by atoms with van der Waals surface area (Å²) in [6.07, 6.45) is 4.46. The van der Waals surface area contributed by atoms with E-state index in [0.29, 0.717) is 5.88 Å². The Bertz CT molecular complexity index is 657. The summed E-state index contributed by atoms with van der Waals surface area (Å²) in [7, 11) is 0. The third-order valence-corrected chi connectivity index (χ3v) is 5.43. The Kier molecular flexibility index (Phi) is 7.35. The van der Waals surface area contributed by atoms with Crippen molar-refractivity contribution in [3.05, 3.63) is 68.8 Å². The lowest BCUT2D eigenvalue weighted by atomic mass is 9.92. The first-order chi connectivity index (χ1) is 10.7. The molecular weight excluding hydrogens is 300 g/mol. The molecule has 0 aliphatic rings. The maximum Gasteiger partial charge on any atom is 0.0479 e. The van der Waals surface area contributed by atoms with Gasteiger partial charge < -0.3 is 0 Å². The molecule has 0 radical (unpaired) electrons. The molecule has 126 valence electrons. The van der Waals surface area contributed by atoms with E-state index in [1.807, 2.05) is 0 Å². The lowest BCUT2D eigenvalue weighted by Gasteiger charge is -2.15. The van der Waals surface area contributed by atoms with E-state index in [1.54, 1.807) is 0 Å².